The second kappa shape index (κ2) is 10.2. The molecule has 8 heteroatoms. The number of halogens is 2. The van der Waals surface area contributed by atoms with E-state index in [1.807, 2.05) is 13.0 Å². The number of para-hydroxylation sites is 2. The normalized spacial score (nSPS) is 10.6. The van der Waals surface area contributed by atoms with Gasteiger partial charge in [0.15, 0.2) is 0 Å². The van der Waals surface area contributed by atoms with Gasteiger partial charge in [0, 0.05) is 5.02 Å². The van der Waals surface area contributed by atoms with Gasteiger partial charge in [0.1, 0.15) is 5.75 Å². The fourth-order valence-electron chi connectivity index (χ4n) is 2.41. The lowest BCUT2D eigenvalue weighted by Gasteiger charge is -2.20. The van der Waals surface area contributed by atoms with Crippen LogP contribution >= 0.6 is 23.2 Å². The molecule has 2 amide bonds. The summed E-state index contributed by atoms with van der Waals surface area (Å²) < 4.78 is 5.21. The van der Waals surface area contributed by atoms with Crippen molar-refractivity contribution < 1.29 is 14.3 Å². The van der Waals surface area contributed by atoms with Crippen molar-refractivity contribution in [2.24, 2.45) is 0 Å². The van der Waals surface area contributed by atoms with Gasteiger partial charge in [0.2, 0.25) is 11.8 Å². The second-order valence-corrected chi connectivity index (χ2v) is 6.57. The highest BCUT2D eigenvalue weighted by molar-refractivity contribution is 6.35. The van der Waals surface area contributed by atoms with Gasteiger partial charge >= 0.3 is 0 Å². The highest BCUT2D eigenvalue weighted by Crippen LogP contribution is 2.25. The molecule has 0 aliphatic heterocycles. The number of amides is 2. The van der Waals surface area contributed by atoms with Crippen LogP contribution in [0.2, 0.25) is 10.0 Å². The van der Waals surface area contributed by atoms with Crippen molar-refractivity contribution in [2.75, 3.05) is 37.4 Å². The van der Waals surface area contributed by atoms with Crippen LogP contribution in [0.15, 0.2) is 42.5 Å². The maximum absolute atomic E-state index is 12.3. The van der Waals surface area contributed by atoms with E-state index in [1.54, 1.807) is 41.3 Å². The summed E-state index contributed by atoms with van der Waals surface area (Å²) in [6, 6.07) is 12.0. The molecule has 6 nitrogen and oxygen atoms in total. The average molecular weight is 410 g/mol. The first kappa shape index (κ1) is 21.0. The first-order valence-electron chi connectivity index (χ1n) is 8.33. The average Bonchev–Trinajstić information content (AvgIpc) is 2.64. The zero-order valence-corrected chi connectivity index (χ0v) is 16.6. The number of methoxy groups -OCH3 is 1. The third kappa shape index (κ3) is 6.43. The zero-order chi connectivity index (χ0) is 19.8. The number of likely N-dealkylation sites (N-methyl/N-ethyl adjacent to an activating group) is 1. The zero-order valence-electron chi connectivity index (χ0n) is 15.1. The molecule has 0 spiro atoms. The van der Waals surface area contributed by atoms with Gasteiger partial charge in [-0.2, -0.15) is 0 Å². The topological polar surface area (TPSA) is 70.7 Å². The van der Waals surface area contributed by atoms with E-state index in [2.05, 4.69) is 10.6 Å². The molecule has 0 heterocycles. The Kier molecular flexibility index (Phi) is 7.91. The molecule has 27 heavy (non-hydrogen) atoms. The number of hydrogen-bond acceptors (Lipinski definition) is 4. The van der Waals surface area contributed by atoms with Crippen molar-refractivity contribution in [3.05, 3.63) is 52.5 Å². The van der Waals surface area contributed by atoms with Crippen LogP contribution in [-0.2, 0) is 9.59 Å². The molecule has 0 atom stereocenters. The lowest BCUT2D eigenvalue weighted by Crippen LogP contribution is -2.38. The van der Waals surface area contributed by atoms with Crippen LogP contribution in [0.1, 0.15) is 6.92 Å². The molecule has 2 aromatic rings. The Balaban J connectivity index is 1.93. The van der Waals surface area contributed by atoms with Crippen molar-refractivity contribution in [1.29, 1.82) is 0 Å². The summed E-state index contributed by atoms with van der Waals surface area (Å²) in [6.45, 7) is 2.50. The summed E-state index contributed by atoms with van der Waals surface area (Å²) >= 11 is 12.0. The minimum atomic E-state index is -0.286. The number of rotatable bonds is 8. The number of benzene rings is 2. The number of nitrogens with one attached hydrogen (secondary N) is 2. The Labute approximate surface area is 168 Å². The minimum Gasteiger partial charge on any atom is -0.495 e. The quantitative estimate of drug-likeness (QED) is 0.693. The molecule has 0 unspecified atom stereocenters. The summed E-state index contributed by atoms with van der Waals surface area (Å²) in [6.07, 6.45) is 0. The Morgan fingerprint density at radius 3 is 2.26 bits per heavy atom. The lowest BCUT2D eigenvalue weighted by atomic mass is 10.3. The number of hydrogen-bond donors (Lipinski definition) is 2. The van der Waals surface area contributed by atoms with Gasteiger partial charge in [-0.25, -0.2) is 0 Å². The summed E-state index contributed by atoms with van der Waals surface area (Å²) in [4.78, 5) is 26.3. The molecule has 2 rings (SSSR count). The summed E-state index contributed by atoms with van der Waals surface area (Å²) in [7, 11) is 1.54. The van der Waals surface area contributed by atoms with E-state index >= 15 is 0 Å². The van der Waals surface area contributed by atoms with Crippen LogP contribution in [0.3, 0.4) is 0 Å². The number of carbonyl (C=O) groups excluding carboxylic acids is 2. The standard InChI is InChI=1S/C19H21Cl2N3O3/c1-3-24(11-18(25)22-15-6-4-5-7-17(15)27-2)12-19(26)23-16-10-13(20)8-9-14(16)21/h4-10H,3,11-12H2,1-2H3,(H,22,25)(H,23,26). The largest absolute Gasteiger partial charge is 0.495 e. The molecule has 0 aliphatic rings. The number of nitrogens with zero attached hydrogens (tertiary/aromatic N) is 1. The molecule has 0 aromatic heterocycles. The molecule has 2 aromatic carbocycles. The third-order valence-electron chi connectivity index (χ3n) is 3.77. The fraction of sp³-hybridized carbons (Fsp3) is 0.263. The van der Waals surface area contributed by atoms with Crippen LogP contribution in [0.25, 0.3) is 0 Å². The SMILES string of the molecule is CCN(CC(=O)Nc1cc(Cl)ccc1Cl)CC(=O)Nc1ccccc1OC. The van der Waals surface area contributed by atoms with Gasteiger partial charge in [0.25, 0.3) is 0 Å². The van der Waals surface area contributed by atoms with E-state index in [0.717, 1.165) is 0 Å². The molecule has 0 fully saturated rings. The van der Waals surface area contributed by atoms with Crippen LogP contribution in [-0.4, -0.2) is 43.5 Å². The molecule has 0 saturated heterocycles. The molecule has 144 valence electrons. The van der Waals surface area contributed by atoms with Gasteiger partial charge in [-0.15, -0.1) is 0 Å². The van der Waals surface area contributed by atoms with Gasteiger partial charge in [-0.05, 0) is 36.9 Å². The minimum absolute atomic E-state index is 0.0404. The molecule has 0 radical (unpaired) electrons. The van der Waals surface area contributed by atoms with E-state index in [0.29, 0.717) is 33.7 Å². The Morgan fingerprint density at radius 1 is 1.00 bits per heavy atom. The molecule has 0 aliphatic carbocycles. The predicted octanol–water partition coefficient (Wildman–Crippen LogP) is 3.90. The van der Waals surface area contributed by atoms with E-state index in [9.17, 15) is 9.59 Å². The van der Waals surface area contributed by atoms with Gasteiger partial charge in [-0.3, -0.25) is 14.5 Å². The van der Waals surface area contributed by atoms with Crippen molar-refractivity contribution >= 4 is 46.4 Å². The fourth-order valence-corrected chi connectivity index (χ4v) is 2.74. The van der Waals surface area contributed by atoms with Crippen molar-refractivity contribution in [3.63, 3.8) is 0 Å². The summed E-state index contributed by atoms with van der Waals surface area (Å²) in [5.74, 6) is 0.0447. The maximum atomic E-state index is 12.3. The Morgan fingerprint density at radius 2 is 1.63 bits per heavy atom. The summed E-state index contributed by atoms with van der Waals surface area (Å²) in [5.41, 5.74) is 1.01. The number of anilines is 2. The smallest absolute Gasteiger partial charge is 0.238 e. The number of ether oxygens (including phenoxy) is 1. The maximum Gasteiger partial charge on any atom is 0.238 e. The highest BCUT2D eigenvalue weighted by atomic mass is 35.5. The van der Waals surface area contributed by atoms with Crippen molar-refractivity contribution in [1.82, 2.24) is 4.90 Å². The van der Waals surface area contributed by atoms with Crippen LogP contribution < -0.4 is 15.4 Å². The van der Waals surface area contributed by atoms with Crippen LogP contribution in [0, 0.1) is 0 Å². The van der Waals surface area contributed by atoms with E-state index in [1.165, 1.54) is 7.11 Å². The first-order valence-corrected chi connectivity index (χ1v) is 9.08. The van der Waals surface area contributed by atoms with Crippen LogP contribution in [0.4, 0.5) is 11.4 Å². The molecule has 0 saturated carbocycles. The molecule has 2 N–H and O–H groups in total. The highest BCUT2D eigenvalue weighted by Gasteiger charge is 2.15. The second-order valence-electron chi connectivity index (χ2n) is 5.72. The number of carbonyl (C=O) groups is 2. The lowest BCUT2D eigenvalue weighted by molar-refractivity contribution is -0.119. The molecular weight excluding hydrogens is 389 g/mol. The van der Waals surface area contributed by atoms with E-state index < -0.39 is 0 Å². The first-order chi connectivity index (χ1) is 12.9. The third-order valence-corrected chi connectivity index (χ3v) is 4.33. The van der Waals surface area contributed by atoms with E-state index in [-0.39, 0.29) is 24.9 Å². The molecular formula is C19H21Cl2N3O3. The summed E-state index contributed by atoms with van der Waals surface area (Å²) in [5, 5.41) is 6.36. The van der Waals surface area contributed by atoms with Gasteiger partial charge in [0.05, 0.1) is 36.6 Å². The van der Waals surface area contributed by atoms with E-state index in [4.69, 9.17) is 27.9 Å². The van der Waals surface area contributed by atoms with Gasteiger partial charge in [-0.1, -0.05) is 42.3 Å². The van der Waals surface area contributed by atoms with Crippen molar-refractivity contribution in [3.8, 4) is 5.75 Å². The Hall–Kier alpha value is -2.28. The monoisotopic (exact) mass is 409 g/mol. The molecule has 0 bridgehead atoms. The van der Waals surface area contributed by atoms with Crippen molar-refractivity contribution in [2.45, 2.75) is 6.92 Å². The van der Waals surface area contributed by atoms with Gasteiger partial charge < -0.3 is 15.4 Å². The predicted molar refractivity (Wildman–Crippen MR) is 109 cm³/mol. The Bertz CT molecular complexity index is 815. The van der Waals surface area contributed by atoms with Crippen LogP contribution in [0.5, 0.6) is 5.75 Å².